The standard InChI is InChI=1S/C10H21N/c1-7(2)8(3)10(4,5)9-6-11-9/h7-9,11H,6H2,1-5H3/t8-,9?/m0/s1. The molecule has 0 aromatic rings. The fraction of sp³-hybridized carbons (Fsp3) is 1.00. The van der Waals surface area contributed by atoms with Crippen LogP contribution in [0, 0.1) is 17.3 Å². The van der Waals surface area contributed by atoms with Crippen LogP contribution < -0.4 is 5.32 Å². The second-order valence-corrected chi connectivity index (χ2v) is 4.81. The minimum Gasteiger partial charge on any atom is -0.311 e. The minimum absolute atomic E-state index is 0.480. The van der Waals surface area contributed by atoms with E-state index in [0.717, 1.165) is 17.9 Å². The van der Waals surface area contributed by atoms with E-state index in [-0.39, 0.29) is 0 Å². The lowest BCUT2D eigenvalue weighted by molar-refractivity contribution is 0.171. The third-order valence-electron chi connectivity index (χ3n) is 3.48. The molecular formula is C10H21N. The smallest absolute Gasteiger partial charge is 0.0246 e. The van der Waals surface area contributed by atoms with E-state index in [9.17, 15) is 0 Å². The maximum Gasteiger partial charge on any atom is 0.0246 e. The van der Waals surface area contributed by atoms with Crippen molar-refractivity contribution >= 4 is 0 Å². The van der Waals surface area contributed by atoms with E-state index >= 15 is 0 Å². The van der Waals surface area contributed by atoms with Gasteiger partial charge in [0, 0.05) is 12.6 Å². The molecule has 1 N–H and O–H groups in total. The summed E-state index contributed by atoms with van der Waals surface area (Å²) in [4.78, 5) is 0. The van der Waals surface area contributed by atoms with E-state index in [1.165, 1.54) is 6.54 Å². The highest BCUT2D eigenvalue weighted by Crippen LogP contribution is 2.38. The van der Waals surface area contributed by atoms with Gasteiger partial charge in [-0.3, -0.25) is 0 Å². The van der Waals surface area contributed by atoms with E-state index in [1.807, 2.05) is 0 Å². The van der Waals surface area contributed by atoms with E-state index in [1.54, 1.807) is 0 Å². The van der Waals surface area contributed by atoms with Gasteiger partial charge in [-0.15, -0.1) is 0 Å². The second-order valence-electron chi connectivity index (χ2n) is 4.81. The highest BCUT2D eigenvalue weighted by molar-refractivity contribution is 4.98. The van der Waals surface area contributed by atoms with Crippen LogP contribution in [0.1, 0.15) is 34.6 Å². The first-order chi connectivity index (χ1) is 4.96. The highest BCUT2D eigenvalue weighted by Gasteiger charge is 2.41. The monoisotopic (exact) mass is 155 g/mol. The third-order valence-corrected chi connectivity index (χ3v) is 3.48. The molecule has 1 aliphatic rings. The average Bonchev–Trinajstić information content (AvgIpc) is 2.66. The maximum atomic E-state index is 3.41. The van der Waals surface area contributed by atoms with Gasteiger partial charge in [0.2, 0.25) is 0 Å². The largest absolute Gasteiger partial charge is 0.311 e. The Morgan fingerprint density at radius 3 is 2.00 bits per heavy atom. The Labute approximate surface area is 70.6 Å². The normalized spacial score (nSPS) is 27.3. The topological polar surface area (TPSA) is 21.9 Å². The van der Waals surface area contributed by atoms with Crippen LogP contribution in [0.15, 0.2) is 0 Å². The third kappa shape index (κ3) is 1.76. The summed E-state index contributed by atoms with van der Waals surface area (Å²) in [6, 6.07) is 0.778. The number of rotatable bonds is 3. The van der Waals surface area contributed by atoms with Crippen molar-refractivity contribution < 1.29 is 0 Å². The van der Waals surface area contributed by atoms with Crippen LogP contribution in [0.2, 0.25) is 0 Å². The van der Waals surface area contributed by atoms with Gasteiger partial charge >= 0.3 is 0 Å². The minimum atomic E-state index is 0.480. The highest BCUT2D eigenvalue weighted by atomic mass is 15.1. The number of hydrogen-bond donors (Lipinski definition) is 1. The van der Waals surface area contributed by atoms with Crippen LogP contribution in [-0.2, 0) is 0 Å². The van der Waals surface area contributed by atoms with Crippen LogP contribution in [0.5, 0.6) is 0 Å². The molecule has 1 nitrogen and oxygen atoms in total. The molecular weight excluding hydrogens is 134 g/mol. The van der Waals surface area contributed by atoms with Gasteiger partial charge < -0.3 is 5.32 Å². The second kappa shape index (κ2) is 2.78. The Morgan fingerprint density at radius 2 is 1.73 bits per heavy atom. The summed E-state index contributed by atoms with van der Waals surface area (Å²) in [6.07, 6.45) is 0. The fourth-order valence-corrected chi connectivity index (χ4v) is 1.76. The van der Waals surface area contributed by atoms with Crippen molar-refractivity contribution in [3.05, 3.63) is 0 Å². The summed E-state index contributed by atoms with van der Waals surface area (Å²) in [6.45, 7) is 13.0. The zero-order valence-electron chi connectivity index (χ0n) is 8.44. The van der Waals surface area contributed by atoms with E-state index in [2.05, 4.69) is 39.9 Å². The molecule has 0 bridgehead atoms. The number of nitrogens with one attached hydrogen (secondary N) is 1. The molecule has 0 radical (unpaired) electrons. The predicted octanol–water partition coefficient (Wildman–Crippen LogP) is 2.28. The molecule has 0 aromatic heterocycles. The van der Waals surface area contributed by atoms with Crippen molar-refractivity contribution in [2.75, 3.05) is 6.54 Å². The molecule has 1 rings (SSSR count). The zero-order valence-corrected chi connectivity index (χ0v) is 8.44. The van der Waals surface area contributed by atoms with Crippen LogP contribution in [0.25, 0.3) is 0 Å². The Morgan fingerprint density at radius 1 is 1.27 bits per heavy atom. The molecule has 0 saturated carbocycles. The molecule has 1 aliphatic heterocycles. The van der Waals surface area contributed by atoms with Gasteiger partial charge in [0.15, 0.2) is 0 Å². The summed E-state index contributed by atoms with van der Waals surface area (Å²) in [5, 5.41) is 3.41. The van der Waals surface area contributed by atoms with Crippen molar-refractivity contribution in [3.8, 4) is 0 Å². The molecule has 1 heteroatoms. The molecule has 0 spiro atoms. The molecule has 0 amide bonds. The summed E-state index contributed by atoms with van der Waals surface area (Å²) in [7, 11) is 0. The fourth-order valence-electron chi connectivity index (χ4n) is 1.76. The van der Waals surface area contributed by atoms with Gasteiger partial charge in [0.25, 0.3) is 0 Å². The predicted molar refractivity (Wildman–Crippen MR) is 49.6 cm³/mol. The van der Waals surface area contributed by atoms with Crippen molar-refractivity contribution in [3.63, 3.8) is 0 Å². The number of hydrogen-bond acceptors (Lipinski definition) is 1. The Kier molecular flexibility index (Phi) is 2.29. The lowest BCUT2D eigenvalue weighted by Gasteiger charge is -2.34. The molecule has 11 heavy (non-hydrogen) atoms. The average molecular weight is 155 g/mol. The van der Waals surface area contributed by atoms with Crippen molar-refractivity contribution in [2.24, 2.45) is 17.3 Å². The zero-order chi connectivity index (χ0) is 8.65. The van der Waals surface area contributed by atoms with Gasteiger partial charge in [0.1, 0.15) is 0 Å². The summed E-state index contributed by atoms with van der Waals surface area (Å²) < 4.78 is 0. The van der Waals surface area contributed by atoms with Crippen LogP contribution >= 0.6 is 0 Å². The van der Waals surface area contributed by atoms with Gasteiger partial charge in [-0.25, -0.2) is 0 Å². The molecule has 2 atom stereocenters. The Bertz CT molecular complexity index is 134. The maximum absolute atomic E-state index is 3.41. The van der Waals surface area contributed by atoms with Crippen LogP contribution in [-0.4, -0.2) is 12.6 Å². The van der Waals surface area contributed by atoms with Gasteiger partial charge in [0.05, 0.1) is 0 Å². The van der Waals surface area contributed by atoms with E-state index < -0.39 is 0 Å². The SMILES string of the molecule is CC(C)[C@H](C)C(C)(C)C1CN1. The summed E-state index contributed by atoms with van der Waals surface area (Å²) >= 11 is 0. The molecule has 0 aliphatic carbocycles. The van der Waals surface area contributed by atoms with Crippen LogP contribution in [0.4, 0.5) is 0 Å². The summed E-state index contributed by atoms with van der Waals surface area (Å²) in [5.41, 5.74) is 0.480. The van der Waals surface area contributed by atoms with E-state index in [4.69, 9.17) is 0 Å². The molecule has 1 saturated heterocycles. The van der Waals surface area contributed by atoms with Crippen molar-refractivity contribution in [1.82, 2.24) is 5.32 Å². The van der Waals surface area contributed by atoms with E-state index in [0.29, 0.717) is 5.41 Å². The van der Waals surface area contributed by atoms with Crippen LogP contribution in [0.3, 0.4) is 0 Å². The molecule has 1 fully saturated rings. The van der Waals surface area contributed by atoms with Crippen molar-refractivity contribution in [2.45, 2.75) is 40.7 Å². The first-order valence-corrected chi connectivity index (χ1v) is 4.69. The first-order valence-electron chi connectivity index (χ1n) is 4.69. The first kappa shape index (κ1) is 9.05. The van der Waals surface area contributed by atoms with Crippen molar-refractivity contribution in [1.29, 1.82) is 0 Å². The quantitative estimate of drug-likeness (QED) is 0.620. The Balaban J connectivity index is 2.54. The summed E-state index contributed by atoms with van der Waals surface area (Å²) in [5.74, 6) is 1.61. The van der Waals surface area contributed by atoms with Gasteiger partial charge in [-0.1, -0.05) is 34.6 Å². The molecule has 66 valence electrons. The lowest BCUT2D eigenvalue weighted by Crippen LogP contribution is -2.32. The molecule has 0 aromatic carbocycles. The van der Waals surface area contributed by atoms with Gasteiger partial charge in [-0.05, 0) is 17.3 Å². The van der Waals surface area contributed by atoms with Gasteiger partial charge in [-0.2, -0.15) is 0 Å². The Hall–Kier alpha value is -0.0400. The molecule has 1 unspecified atom stereocenters. The lowest BCUT2D eigenvalue weighted by atomic mass is 9.72. The molecule has 1 heterocycles.